The Hall–Kier alpha value is -1.53. The van der Waals surface area contributed by atoms with Crippen molar-refractivity contribution in [1.82, 2.24) is 0 Å². The second-order valence-corrected chi connectivity index (χ2v) is 4.38. The Morgan fingerprint density at radius 3 is 2.31 bits per heavy atom. The van der Waals surface area contributed by atoms with Crippen molar-refractivity contribution in [1.29, 1.82) is 5.26 Å². The summed E-state index contributed by atoms with van der Waals surface area (Å²) in [6, 6.07) is 10.0. The van der Waals surface area contributed by atoms with Crippen LogP contribution in [0.4, 0.5) is 0 Å². The topological polar surface area (TPSA) is 42.2 Å². The van der Waals surface area contributed by atoms with Gasteiger partial charge in [-0.3, -0.25) is 0 Å². The van der Waals surface area contributed by atoms with Crippen LogP contribution in [0.25, 0.3) is 0 Å². The third-order valence-corrected chi connectivity index (χ3v) is 2.69. The quantitative estimate of drug-likeness (QED) is 0.780. The van der Waals surface area contributed by atoms with E-state index in [2.05, 4.69) is 6.07 Å². The van der Waals surface area contributed by atoms with Crippen molar-refractivity contribution in [3.8, 4) is 11.8 Å². The summed E-state index contributed by atoms with van der Waals surface area (Å²) in [5.74, 6) is 0.840. The van der Waals surface area contributed by atoms with Crippen molar-refractivity contribution in [2.75, 3.05) is 13.2 Å². The first kappa shape index (κ1) is 11.0. The third kappa shape index (κ3) is 1.89. The summed E-state index contributed by atoms with van der Waals surface area (Å²) in [5.41, 5.74) is 0.577. The van der Waals surface area contributed by atoms with Gasteiger partial charge in [-0.1, -0.05) is 12.1 Å². The van der Waals surface area contributed by atoms with Gasteiger partial charge in [0, 0.05) is 0 Å². The van der Waals surface area contributed by atoms with E-state index in [1.54, 1.807) is 0 Å². The predicted octanol–water partition coefficient (Wildman–Crippen LogP) is 2.27. The van der Waals surface area contributed by atoms with E-state index >= 15 is 0 Å². The molecule has 0 N–H and O–H groups in total. The maximum absolute atomic E-state index is 9.14. The number of hydrogen-bond acceptors (Lipinski definition) is 3. The average Bonchev–Trinajstić information content (AvgIpc) is 2.19. The SMILES string of the molecule is CC(C)Oc1ccc(C2(C#N)COC2)cc1. The molecule has 84 valence electrons. The average molecular weight is 217 g/mol. The van der Waals surface area contributed by atoms with Gasteiger partial charge in [0.05, 0.1) is 25.4 Å². The van der Waals surface area contributed by atoms with Gasteiger partial charge in [-0.25, -0.2) is 0 Å². The van der Waals surface area contributed by atoms with Crippen molar-refractivity contribution in [3.05, 3.63) is 29.8 Å². The van der Waals surface area contributed by atoms with Gasteiger partial charge in [0.2, 0.25) is 0 Å². The lowest BCUT2D eigenvalue weighted by atomic mass is 9.80. The van der Waals surface area contributed by atoms with Crippen LogP contribution in [0.15, 0.2) is 24.3 Å². The minimum absolute atomic E-state index is 0.169. The highest BCUT2D eigenvalue weighted by Gasteiger charge is 2.40. The Morgan fingerprint density at radius 2 is 1.94 bits per heavy atom. The first-order chi connectivity index (χ1) is 7.66. The van der Waals surface area contributed by atoms with Crippen molar-refractivity contribution < 1.29 is 9.47 Å². The normalized spacial score (nSPS) is 17.6. The van der Waals surface area contributed by atoms with Gasteiger partial charge in [0.1, 0.15) is 11.2 Å². The Bertz CT molecular complexity index is 399. The van der Waals surface area contributed by atoms with Crippen molar-refractivity contribution in [2.24, 2.45) is 0 Å². The molecule has 0 spiro atoms. The molecule has 0 amide bonds. The zero-order valence-corrected chi connectivity index (χ0v) is 9.56. The van der Waals surface area contributed by atoms with Gasteiger partial charge in [-0.2, -0.15) is 5.26 Å². The van der Waals surface area contributed by atoms with E-state index in [1.165, 1.54) is 0 Å². The molecule has 0 aromatic heterocycles. The molecule has 0 unspecified atom stereocenters. The van der Waals surface area contributed by atoms with Gasteiger partial charge < -0.3 is 9.47 Å². The molecule has 16 heavy (non-hydrogen) atoms. The highest BCUT2D eigenvalue weighted by molar-refractivity contribution is 5.38. The Morgan fingerprint density at radius 1 is 1.31 bits per heavy atom. The zero-order valence-electron chi connectivity index (χ0n) is 9.56. The molecule has 1 aliphatic rings. The molecule has 1 aliphatic heterocycles. The van der Waals surface area contributed by atoms with Crippen molar-refractivity contribution in [2.45, 2.75) is 25.4 Å². The monoisotopic (exact) mass is 217 g/mol. The highest BCUT2D eigenvalue weighted by atomic mass is 16.5. The number of hydrogen-bond donors (Lipinski definition) is 0. The van der Waals surface area contributed by atoms with E-state index in [-0.39, 0.29) is 6.10 Å². The Labute approximate surface area is 95.6 Å². The van der Waals surface area contributed by atoms with Gasteiger partial charge in [-0.15, -0.1) is 0 Å². The lowest BCUT2D eigenvalue weighted by Crippen LogP contribution is -2.45. The van der Waals surface area contributed by atoms with E-state index in [0.717, 1.165) is 11.3 Å². The molecule has 1 aromatic carbocycles. The van der Waals surface area contributed by atoms with E-state index in [0.29, 0.717) is 13.2 Å². The minimum Gasteiger partial charge on any atom is -0.491 e. The van der Waals surface area contributed by atoms with Gasteiger partial charge in [0.25, 0.3) is 0 Å². The summed E-state index contributed by atoms with van der Waals surface area (Å²) in [6.45, 7) is 4.97. The van der Waals surface area contributed by atoms with Crippen LogP contribution in [0.3, 0.4) is 0 Å². The maximum Gasteiger partial charge on any atom is 0.129 e. The predicted molar refractivity (Wildman–Crippen MR) is 60.3 cm³/mol. The number of ether oxygens (including phenoxy) is 2. The summed E-state index contributed by atoms with van der Waals surface area (Å²) in [6.07, 6.45) is 0.169. The summed E-state index contributed by atoms with van der Waals surface area (Å²) >= 11 is 0. The second-order valence-electron chi connectivity index (χ2n) is 4.38. The molecule has 2 rings (SSSR count). The molecule has 1 heterocycles. The first-order valence-electron chi connectivity index (χ1n) is 5.42. The largest absolute Gasteiger partial charge is 0.491 e. The lowest BCUT2D eigenvalue weighted by molar-refractivity contribution is -0.0298. The molecule has 0 radical (unpaired) electrons. The van der Waals surface area contributed by atoms with Crippen LogP contribution in [-0.2, 0) is 10.2 Å². The molecule has 0 bridgehead atoms. The minimum atomic E-state index is -0.434. The zero-order chi connectivity index (χ0) is 11.6. The molecule has 1 fully saturated rings. The standard InChI is InChI=1S/C13H15NO2/c1-10(2)16-12-5-3-11(4-6-12)13(7-14)8-15-9-13/h3-6,10H,8-9H2,1-2H3. The van der Waals surface area contributed by atoms with Crippen LogP contribution >= 0.6 is 0 Å². The summed E-state index contributed by atoms with van der Waals surface area (Å²) in [5, 5.41) is 9.14. The summed E-state index contributed by atoms with van der Waals surface area (Å²) in [4.78, 5) is 0. The van der Waals surface area contributed by atoms with Gasteiger partial charge in [-0.05, 0) is 31.5 Å². The number of rotatable bonds is 3. The smallest absolute Gasteiger partial charge is 0.129 e. The van der Waals surface area contributed by atoms with E-state index < -0.39 is 5.41 Å². The molecular formula is C13H15NO2. The third-order valence-electron chi connectivity index (χ3n) is 2.69. The summed E-state index contributed by atoms with van der Waals surface area (Å²) in [7, 11) is 0. The summed E-state index contributed by atoms with van der Waals surface area (Å²) < 4.78 is 10.7. The van der Waals surface area contributed by atoms with E-state index in [1.807, 2.05) is 38.1 Å². The van der Waals surface area contributed by atoms with Crippen LogP contribution < -0.4 is 4.74 Å². The fraction of sp³-hybridized carbons (Fsp3) is 0.462. The molecule has 0 atom stereocenters. The molecule has 1 aromatic rings. The van der Waals surface area contributed by atoms with Crippen molar-refractivity contribution in [3.63, 3.8) is 0 Å². The van der Waals surface area contributed by atoms with E-state index in [9.17, 15) is 0 Å². The van der Waals surface area contributed by atoms with Crippen LogP contribution in [0.2, 0.25) is 0 Å². The van der Waals surface area contributed by atoms with Crippen molar-refractivity contribution >= 4 is 0 Å². The molecule has 1 saturated heterocycles. The molecule has 0 aliphatic carbocycles. The first-order valence-corrected chi connectivity index (χ1v) is 5.42. The molecule has 3 nitrogen and oxygen atoms in total. The lowest BCUT2D eigenvalue weighted by Gasteiger charge is -2.35. The fourth-order valence-corrected chi connectivity index (χ4v) is 1.73. The number of benzene rings is 1. The van der Waals surface area contributed by atoms with Crippen LogP contribution in [0.1, 0.15) is 19.4 Å². The fourth-order valence-electron chi connectivity index (χ4n) is 1.73. The molecular weight excluding hydrogens is 202 g/mol. The maximum atomic E-state index is 9.14. The Balaban J connectivity index is 2.16. The molecule has 0 saturated carbocycles. The van der Waals surface area contributed by atoms with Crippen LogP contribution in [-0.4, -0.2) is 19.3 Å². The van der Waals surface area contributed by atoms with E-state index in [4.69, 9.17) is 14.7 Å². The second kappa shape index (κ2) is 4.15. The van der Waals surface area contributed by atoms with Crippen LogP contribution in [0, 0.1) is 11.3 Å². The van der Waals surface area contributed by atoms with Crippen LogP contribution in [0.5, 0.6) is 5.75 Å². The number of nitriles is 1. The highest BCUT2D eigenvalue weighted by Crippen LogP contribution is 2.32. The van der Waals surface area contributed by atoms with Gasteiger partial charge >= 0.3 is 0 Å². The molecule has 3 heteroatoms. The Kier molecular flexibility index (Phi) is 2.84. The number of nitrogens with zero attached hydrogens (tertiary/aromatic N) is 1. The van der Waals surface area contributed by atoms with Gasteiger partial charge in [0.15, 0.2) is 0 Å².